The van der Waals surface area contributed by atoms with E-state index < -0.39 is 6.10 Å². The Kier molecular flexibility index (Phi) is 3.69. The number of aromatic nitrogens is 1. The number of benzene rings is 1. The molecule has 0 aliphatic rings. The van der Waals surface area contributed by atoms with Crippen molar-refractivity contribution in [1.82, 2.24) is 4.57 Å². The van der Waals surface area contributed by atoms with E-state index in [2.05, 4.69) is 0 Å². The predicted molar refractivity (Wildman–Crippen MR) is 83.9 cm³/mol. The third kappa shape index (κ3) is 2.54. The number of thiophene rings is 1. The summed E-state index contributed by atoms with van der Waals surface area (Å²) in [7, 11) is 0. The van der Waals surface area contributed by atoms with Gasteiger partial charge in [0, 0.05) is 16.3 Å². The second-order valence-electron chi connectivity index (χ2n) is 5.10. The number of hydrogen-bond acceptors (Lipinski definition) is 4. The molecule has 0 bridgehead atoms. The Balaban J connectivity index is 2.03. The van der Waals surface area contributed by atoms with Gasteiger partial charge in [-0.3, -0.25) is 4.57 Å². The fraction of sp³-hybridized carbons (Fsp3) is 0.312. The van der Waals surface area contributed by atoms with Crippen molar-refractivity contribution in [2.75, 3.05) is 0 Å². The molecule has 0 aliphatic carbocycles. The first-order valence-electron chi connectivity index (χ1n) is 6.98. The number of aryl methyl sites for hydroxylation is 2. The highest BCUT2D eigenvalue weighted by molar-refractivity contribution is 7.12. The maximum absolute atomic E-state index is 11.8. The topological polar surface area (TPSA) is 55.4 Å². The highest BCUT2D eigenvalue weighted by Gasteiger charge is 2.15. The second kappa shape index (κ2) is 5.50. The quantitative estimate of drug-likeness (QED) is 0.803. The molecule has 21 heavy (non-hydrogen) atoms. The van der Waals surface area contributed by atoms with Crippen molar-refractivity contribution in [3.8, 4) is 0 Å². The van der Waals surface area contributed by atoms with Gasteiger partial charge in [-0.1, -0.05) is 13.0 Å². The van der Waals surface area contributed by atoms with Crippen molar-refractivity contribution in [3.63, 3.8) is 0 Å². The summed E-state index contributed by atoms with van der Waals surface area (Å²) in [5, 5.41) is 10.4. The lowest BCUT2D eigenvalue weighted by atomic mass is 10.1. The zero-order valence-electron chi connectivity index (χ0n) is 12.0. The minimum absolute atomic E-state index is 0.342. The van der Waals surface area contributed by atoms with E-state index >= 15 is 0 Å². The van der Waals surface area contributed by atoms with Crippen LogP contribution in [0.1, 0.15) is 34.8 Å². The van der Waals surface area contributed by atoms with E-state index in [1.165, 1.54) is 0 Å². The van der Waals surface area contributed by atoms with E-state index in [9.17, 15) is 9.90 Å². The Morgan fingerprint density at radius 1 is 1.33 bits per heavy atom. The number of hydrogen-bond donors (Lipinski definition) is 1. The number of nitrogens with zero attached hydrogens (tertiary/aromatic N) is 1. The number of aliphatic hydroxyl groups excluding tert-OH is 1. The molecule has 0 radical (unpaired) electrons. The standard InChI is InChI=1S/C16H17NO3S/c1-3-8-17-12-6-5-11(9-13(12)20-16(17)19)15(18)14-7-4-10(2)21-14/h4-7,9,15,18H,3,8H2,1-2H3. The van der Waals surface area contributed by atoms with Crippen LogP contribution in [0, 0.1) is 6.92 Å². The lowest BCUT2D eigenvalue weighted by Gasteiger charge is -2.08. The molecule has 0 fully saturated rings. The molecule has 0 amide bonds. The molecule has 0 saturated carbocycles. The summed E-state index contributed by atoms with van der Waals surface area (Å²) in [5.74, 6) is -0.342. The molecule has 2 heterocycles. The molecule has 5 heteroatoms. The molecule has 2 aromatic heterocycles. The highest BCUT2D eigenvalue weighted by atomic mass is 32.1. The molecule has 3 aromatic rings. The zero-order chi connectivity index (χ0) is 15.0. The van der Waals surface area contributed by atoms with Gasteiger partial charge in [0.25, 0.3) is 0 Å². The van der Waals surface area contributed by atoms with Gasteiger partial charge in [-0.05, 0) is 43.2 Å². The SMILES string of the molecule is CCCn1c(=O)oc2cc(C(O)c3ccc(C)s3)ccc21. The maximum atomic E-state index is 11.8. The van der Waals surface area contributed by atoms with E-state index in [0.29, 0.717) is 12.1 Å². The first kappa shape index (κ1) is 14.1. The zero-order valence-corrected chi connectivity index (χ0v) is 12.8. The summed E-state index contributed by atoms with van der Waals surface area (Å²) >= 11 is 1.57. The number of oxazole rings is 1. The van der Waals surface area contributed by atoms with E-state index in [4.69, 9.17) is 4.42 Å². The van der Waals surface area contributed by atoms with Gasteiger partial charge in [-0.15, -0.1) is 11.3 Å². The number of rotatable bonds is 4. The van der Waals surface area contributed by atoms with Gasteiger partial charge in [-0.2, -0.15) is 0 Å². The number of aliphatic hydroxyl groups is 1. The molecule has 0 aliphatic heterocycles. The van der Waals surface area contributed by atoms with E-state index in [1.54, 1.807) is 22.0 Å². The Bertz CT molecular complexity index is 828. The van der Waals surface area contributed by atoms with Crippen LogP contribution in [-0.4, -0.2) is 9.67 Å². The average Bonchev–Trinajstić information content (AvgIpc) is 3.02. The largest absolute Gasteiger partial charge is 0.419 e. The lowest BCUT2D eigenvalue weighted by Crippen LogP contribution is -2.13. The third-order valence-electron chi connectivity index (χ3n) is 3.49. The maximum Gasteiger partial charge on any atom is 0.419 e. The van der Waals surface area contributed by atoms with Crippen LogP contribution in [0.3, 0.4) is 0 Å². The summed E-state index contributed by atoms with van der Waals surface area (Å²) in [5.41, 5.74) is 2.04. The van der Waals surface area contributed by atoms with Gasteiger partial charge < -0.3 is 9.52 Å². The first-order valence-corrected chi connectivity index (χ1v) is 7.79. The van der Waals surface area contributed by atoms with Gasteiger partial charge in [-0.25, -0.2) is 4.79 Å². The van der Waals surface area contributed by atoms with E-state index in [-0.39, 0.29) is 5.76 Å². The van der Waals surface area contributed by atoms with Crippen LogP contribution < -0.4 is 5.76 Å². The summed E-state index contributed by atoms with van der Waals surface area (Å²) in [6, 6.07) is 9.35. The lowest BCUT2D eigenvalue weighted by molar-refractivity contribution is 0.224. The fourth-order valence-corrected chi connectivity index (χ4v) is 3.34. The molecule has 0 saturated heterocycles. The van der Waals surface area contributed by atoms with Crippen molar-refractivity contribution in [1.29, 1.82) is 0 Å². The van der Waals surface area contributed by atoms with Crippen LogP contribution in [0.15, 0.2) is 39.5 Å². The second-order valence-corrected chi connectivity index (χ2v) is 6.42. The summed E-state index contributed by atoms with van der Waals surface area (Å²) < 4.78 is 6.91. The molecule has 1 N–H and O–H groups in total. The molecular formula is C16H17NO3S. The smallest absolute Gasteiger partial charge is 0.408 e. The van der Waals surface area contributed by atoms with Crippen LogP contribution >= 0.6 is 11.3 Å². The van der Waals surface area contributed by atoms with Crippen LogP contribution in [0.2, 0.25) is 0 Å². The van der Waals surface area contributed by atoms with Crippen molar-refractivity contribution in [2.45, 2.75) is 32.9 Å². The van der Waals surface area contributed by atoms with Crippen LogP contribution in [0.25, 0.3) is 11.1 Å². The molecule has 4 nitrogen and oxygen atoms in total. The first-order chi connectivity index (χ1) is 10.1. The van der Waals surface area contributed by atoms with Crippen LogP contribution in [-0.2, 0) is 6.54 Å². The van der Waals surface area contributed by atoms with Crippen molar-refractivity contribution in [3.05, 3.63) is 56.2 Å². The van der Waals surface area contributed by atoms with Crippen LogP contribution in [0.4, 0.5) is 0 Å². The average molecular weight is 303 g/mol. The molecule has 1 atom stereocenters. The molecule has 1 aromatic carbocycles. The predicted octanol–water partition coefficient (Wildman–Crippen LogP) is 3.46. The Hall–Kier alpha value is -1.85. The summed E-state index contributed by atoms with van der Waals surface area (Å²) in [6.07, 6.45) is 0.181. The van der Waals surface area contributed by atoms with Gasteiger partial charge in [0.2, 0.25) is 0 Å². The van der Waals surface area contributed by atoms with Gasteiger partial charge in [0.05, 0.1) is 5.52 Å². The molecular weight excluding hydrogens is 286 g/mol. The monoisotopic (exact) mass is 303 g/mol. The Labute approximate surface area is 126 Å². The van der Waals surface area contributed by atoms with Crippen molar-refractivity contribution in [2.24, 2.45) is 0 Å². The minimum Gasteiger partial charge on any atom is -0.408 e. The van der Waals surface area contributed by atoms with E-state index in [1.807, 2.05) is 38.1 Å². The minimum atomic E-state index is -0.687. The van der Waals surface area contributed by atoms with Gasteiger partial charge >= 0.3 is 5.76 Å². The number of fused-ring (bicyclic) bond motifs is 1. The van der Waals surface area contributed by atoms with Crippen molar-refractivity contribution < 1.29 is 9.52 Å². The van der Waals surface area contributed by atoms with Crippen molar-refractivity contribution >= 4 is 22.4 Å². The van der Waals surface area contributed by atoms with E-state index in [0.717, 1.165) is 27.3 Å². The molecule has 110 valence electrons. The Morgan fingerprint density at radius 3 is 2.81 bits per heavy atom. The molecule has 1 unspecified atom stereocenters. The van der Waals surface area contributed by atoms with Gasteiger partial charge in [0.1, 0.15) is 6.10 Å². The van der Waals surface area contributed by atoms with Gasteiger partial charge in [0.15, 0.2) is 5.58 Å². The third-order valence-corrected chi connectivity index (χ3v) is 4.54. The molecule has 3 rings (SSSR count). The Morgan fingerprint density at radius 2 is 2.14 bits per heavy atom. The summed E-state index contributed by atoms with van der Waals surface area (Å²) in [6.45, 7) is 4.66. The highest BCUT2D eigenvalue weighted by Crippen LogP contribution is 2.29. The normalized spacial score (nSPS) is 12.9. The summed E-state index contributed by atoms with van der Waals surface area (Å²) in [4.78, 5) is 13.9. The fourth-order valence-electron chi connectivity index (χ4n) is 2.45. The van der Waals surface area contributed by atoms with Crippen LogP contribution in [0.5, 0.6) is 0 Å². The molecule has 0 spiro atoms.